The van der Waals surface area contributed by atoms with Crippen molar-refractivity contribution in [2.45, 2.75) is 25.3 Å². The summed E-state index contributed by atoms with van der Waals surface area (Å²) in [6, 6.07) is 11.1. The van der Waals surface area contributed by atoms with Gasteiger partial charge in [-0.25, -0.2) is 0 Å². The standard InChI is InChI=1S/C21H22N4O6/c22-23-11-13-1-4-15(5-2-13)24-19(26)7-8-20(27)25-16(10-21(28)29)14-3-6-17-18(9-14)31-12-30-17/h1-6,9,11,16H,7-8,10,12,22H2,(H,24,26)(H,25,27)(H,28,29). The van der Waals surface area contributed by atoms with Gasteiger partial charge in [-0.05, 0) is 35.4 Å². The average Bonchev–Trinajstić information content (AvgIpc) is 3.21. The molecule has 0 fully saturated rings. The number of benzene rings is 2. The Morgan fingerprint density at radius 1 is 1.06 bits per heavy atom. The van der Waals surface area contributed by atoms with Gasteiger partial charge in [0.2, 0.25) is 18.6 Å². The van der Waals surface area contributed by atoms with Crippen molar-refractivity contribution in [3.8, 4) is 11.5 Å². The van der Waals surface area contributed by atoms with Crippen LogP contribution in [0.3, 0.4) is 0 Å². The lowest BCUT2D eigenvalue weighted by Crippen LogP contribution is -2.30. The zero-order valence-electron chi connectivity index (χ0n) is 16.5. The van der Waals surface area contributed by atoms with Crippen LogP contribution in [-0.4, -0.2) is 35.9 Å². The SMILES string of the molecule is NN=Cc1ccc(NC(=O)CCC(=O)NC(CC(=O)O)c2ccc3c(c2)OCO3)cc1. The zero-order valence-corrected chi connectivity index (χ0v) is 16.5. The predicted molar refractivity (Wildman–Crippen MR) is 112 cm³/mol. The third-order valence-electron chi connectivity index (χ3n) is 4.51. The number of anilines is 1. The van der Waals surface area contributed by atoms with E-state index in [0.29, 0.717) is 22.7 Å². The predicted octanol–water partition coefficient (Wildman–Crippen LogP) is 1.76. The molecule has 1 atom stereocenters. The number of carbonyl (C=O) groups excluding carboxylic acids is 2. The molecule has 2 aromatic carbocycles. The molecule has 162 valence electrons. The number of nitrogens with two attached hydrogens (primary N) is 1. The van der Waals surface area contributed by atoms with Crippen molar-refractivity contribution in [1.29, 1.82) is 0 Å². The van der Waals surface area contributed by atoms with Gasteiger partial charge in [0.15, 0.2) is 11.5 Å². The monoisotopic (exact) mass is 426 g/mol. The maximum atomic E-state index is 12.3. The van der Waals surface area contributed by atoms with E-state index in [0.717, 1.165) is 5.56 Å². The first-order valence-electron chi connectivity index (χ1n) is 9.48. The summed E-state index contributed by atoms with van der Waals surface area (Å²) in [5.74, 6) is 4.30. The van der Waals surface area contributed by atoms with Gasteiger partial charge in [0, 0.05) is 18.5 Å². The van der Waals surface area contributed by atoms with E-state index in [1.54, 1.807) is 42.5 Å². The quantitative estimate of drug-likeness (QED) is 0.271. The molecular weight excluding hydrogens is 404 g/mol. The van der Waals surface area contributed by atoms with Crippen molar-refractivity contribution in [1.82, 2.24) is 5.32 Å². The first kappa shape index (κ1) is 21.6. The van der Waals surface area contributed by atoms with Crippen LogP contribution < -0.4 is 25.9 Å². The average molecular weight is 426 g/mol. The van der Waals surface area contributed by atoms with Crippen LogP contribution in [0.1, 0.15) is 36.4 Å². The van der Waals surface area contributed by atoms with Crippen molar-refractivity contribution >= 4 is 29.7 Å². The Morgan fingerprint density at radius 3 is 2.48 bits per heavy atom. The molecule has 0 saturated heterocycles. The van der Waals surface area contributed by atoms with Crippen molar-refractivity contribution in [2.24, 2.45) is 10.9 Å². The fraction of sp³-hybridized carbons (Fsp3) is 0.238. The molecular formula is C21H22N4O6. The number of aliphatic carboxylic acids is 1. The molecule has 2 amide bonds. The Kier molecular flexibility index (Phi) is 7.05. The van der Waals surface area contributed by atoms with Crippen molar-refractivity contribution < 1.29 is 29.0 Å². The van der Waals surface area contributed by atoms with E-state index in [2.05, 4.69) is 15.7 Å². The van der Waals surface area contributed by atoms with Crippen molar-refractivity contribution in [3.63, 3.8) is 0 Å². The number of nitrogens with one attached hydrogen (secondary N) is 2. The molecule has 10 heteroatoms. The van der Waals surface area contributed by atoms with E-state index < -0.39 is 17.9 Å². The number of carboxylic acids is 1. The third kappa shape index (κ3) is 6.20. The van der Waals surface area contributed by atoms with E-state index in [1.807, 2.05) is 0 Å². The second kappa shape index (κ2) is 10.1. The Hall–Kier alpha value is -4.08. The minimum Gasteiger partial charge on any atom is -0.481 e. The van der Waals surface area contributed by atoms with E-state index in [9.17, 15) is 19.5 Å². The van der Waals surface area contributed by atoms with Gasteiger partial charge in [-0.3, -0.25) is 14.4 Å². The van der Waals surface area contributed by atoms with Gasteiger partial charge >= 0.3 is 5.97 Å². The van der Waals surface area contributed by atoms with Crippen LogP contribution in [0, 0.1) is 0 Å². The maximum absolute atomic E-state index is 12.3. The molecule has 1 unspecified atom stereocenters. The third-order valence-corrected chi connectivity index (χ3v) is 4.51. The summed E-state index contributed by atoms with van der Waals surface area (Å²) in [6.07, 6.45) is 1.02. The summed E-state index contributed by atoms with van der Waals surface area (Å²) in [6.45, 7) is 0.0905. The molecule has 1 heterocycles. The first-order chi connectivity index (χ1) is 14.9. The van der Waals surface area contributed by atoms with Gasteiger partial charge in [0.05, 0.1) is 18.7 Å². The minimum absolute atomic E-state index is 0.0568. The molecule has 0 saturated carbocycles. The Bertz CT molecular complexity index is 990. The van der Waals surface area contributed by atoms with Crippen LogP contribution in [0.4, 0.5) is 5.69 Å². The molecule has 31 heavy (non-hydrogen) atoms. The van der Waals surface area contributed by atoms with Crippen LogP contribution in [-0.2, 0) is 14.4 Å². The Morgan fingerprint density at radius 2 is 1.77 bits per heavy atom. The van der Waals surface area contributed by atoms with Crippen LogP contribution in [0.2, 0.25) is 0 Å². The largest absolute Gasteiger partial charge is 0.481 e. The molecule has 3 rings (SSSR count). The molecule has 0 bridgehead atoms. The topological polar surface area (TPSA) is 152 Å². The summed E-state index contributed by atoms with van der Waals surface area (Å²) < 4.78 is 10.6. The summed E-state index contributed by atoms with van der Waals surface area (Å²) in [5, 5.41) is 18.0. The number of amides is 2. The zero-order chi connectivity index (χ0) is 22.2. The number of fused-ring (bicyclic) bond motifs is 1. The molecule has 5 N–H and O–H groups in total. The fourth-order valence-corrected chi connectivity index (χ4v) is 3.01. The molecule has 0 spiro atoms. The molecule has 0 aromatic heterocycles. The van der Waals surface area contributed by atoms with Crippen LogP contribution in [0.5, 0.6) is 11.5 Å². The van der Waals surface area contributed by atoms with E-state index >= 15 is 0 Å². The highest BCUT2D eigenvalue weighted by molar-refractivity contribution is 5.93. The summed E-state index contributed by atoms with van der Waals surface area (Å²) >= 11 is 0. The summed E-state index contributed by atoms with van der Waals surface area (Å²) in [7, 11) is 0. The molecule has 1 aliphatic heterocycles. The molecule has 2 aromatic rings. The summed E-state index contributed by atoms with van der Waals surface area (Å²) in [5.41, 5.74) is 1.93. The number of ether oxygens (including phenoxy) is 2. The van der Waals surface area contributed by atoms with E-state index in [1.165, 1.54) is 6.21 Å². The lowest BCUT2D eigenvalue weighted by Gasteiger charge is -2.18. The smallest absolute Gasteiger partial charge is 0.305 e. The number of carbonyl (C=O) groups is 3. The van der Waals surface area contributed by atoms with E-state index in [4.69, 9.17) is 15.3 Å². The Labute approximate surface area is 178 Å². The number of carboxylic acid groups (broad SMARTS) is 1. The Balaban J connectivity index is 1.54. The minimum atomic E-state index is -1.07. The van der Waals surface area contributed by atoms with Gasteiger partial charge in [-0.1, -0.05) is 18.2 Å². The van der Waals surface area contributed by atoms with Crippen LogP contribution in [0.15, 0.2) is 47.6 Å². The van der Waals surface area contributed by atoms with E-state index in [-0.39, 0.29) is 32.0 Å². The van der Waals surface area contributed by atoms with Gasteiger partial charge < -0.3 is 31.1 Å². The summed E-state index contributed by atoms with van der Waals surface area (Å²) in [4.78, 5) is 35.7. The van der Waals surface area contributed by atoms with Crippen molar-refractivity contribution in [2.75, 3.05) is 12.1 Å². The fourth-order valence-electron chi connectivity index (χ4n) is 3.01. The highest BCUT2D eigenvalue weighted by Gasteiger charge is 2.22. The van der Waals surface area contributed by atoms with Crippen LogP contribution >= 0.6 is 0 Å². The van der Waals surface area contributed by atoms with Gasteiger partial charge in [-0.2, -0.15) is 5.10 Å². The number of hydrogen-bond donors (Lipinski definition) is 4. The second-order valence-corrected chi connectivity index (χ2v) is 6.78. The lowest BCUT2D eigenvalue weighted by atomic mass is 10.0. The number of nitrogens with zero attached hydrogens (tertiary/aromatic N) is 1. The number of rotatable bonds is 9. The number of hydrazone groups is 1. The van der Waals surface area contributed by atoms with Crippen molar-refractivity contribution in [3.05, 3.63) is 53.6 Å². The highest BCUT2D eigenvalue weighted by Crippen LogP contribution is 2.34. The van der Waals surface area contributed by atoms with Crippen LogP contribution in [0.25, 0.3) is 0 Å². The highest BCUT2D eigenvalue weighted by atomic mass is 16.7. The second-order valence-electron chi connectivity index (χ2n) is 6.78. The van der Waals surface area contributed by atoms with Gasteiger partial charge in [0.25, 0.3) is 0 Å². The molecule has 0 radical (unpaired) electrons. The maximum Gasteiger partial charge on any atom is 0.305 e. The molecule has 0 aliphatic carbocycles. The molecule has 10 nitrogen and oxygen atoms in total. The van der Waals surface area contributed by atoms with Gasteiger partial charge in [0.1, 0.15) is 0 Å². The first-order valence-corrected chi connectivity index (χ1v) is 9.48. The van der Waals surface area contributed by atoms with Gasteiger partial charge in [-0.15, -0.1) is 0 Å². The lowest BCUT2D eigenvalue weighted by molar-refractivity contribution is -0.138. The molecule has 1 aliphatic rings. The number of hydrogen-bond acceptors (Lipinski definition) is 7. The normalized spacial score (nSPS) is 13.0.